The van der Waals surface area contributed by atoms with Crippen molar-refractivity contribution in [2.75, 3.05) is 0 Å². The maximum atomic E-state index is 9.96. The van der Waals surface area contributed by atoms with Crippen molar-refractivity contribution in [2.24, 2.45) is 0 Å². The second kappa shape index (κ2) is 16.1. The fraction of sp³-hybridized carbons (Fsp3) is 0.217. The average Bonchev–Trinajstić information content (AvgIpc) is 3.67. The fourth-order valence-electron chi connectivity index (χ4n) is 2.00. The van der Waals surface area contributed by atoms with Crippen molar-refractivity contribution in [3.8, 4) is 0 Å². The third-order valence-corrected chi connectivity index (χ3v) is 3.57. The van der Waals surface area contributed by atoms with Crippen LogP contribution in [0.15, 0.2) is 78.7 Å². The summed E-state index contributed by atoms with van der Waals surface area (Å²) in [6, 6.07) is 13.5. The lowest BCUT2D eigenvalue weighted by atomic mass is 10.4. The van der Waals surface area contributed by atoms with Gasteiger partial charge in [-0.1, -0.05) is 6.92 Å². The molecule has 32 heavy (non-hydrogen) atoms. The minimum atomic E-state index is -0.159. The number of aryl methyl sites for hydroxylation is 1. The van der Waals surface area contributed by atoms with Gasteiger partial charge in [0.2, 0.25) is 0 Å². The first-order chi connectivity index (χ1) is 15.6. The summed E-state index contributed by atoms with van der Waals surface area (Å²) in [7, 11) is 0. The summed E-state index contributed by atoms with van der Waals surface area (Å²) in [4.78, 5) is 19.7. The first-order valence-electron chi connectivity index (χ1n) is 9.55. The van der Waals surface area contributed by atoms with Crippen LogP contribution in [0.3, 0.4) is 0 Å². The van der Waals surface area contributed by atoms with Crippen LogP contribution in [0.5, 0.6) is 0 Å². The molecule has 0 aliphatic carbocycles. The standard InChI is InChI=1S/C7H10O2.C6H6O3.C5H6O2.C5H4O2.2H2/c1-2-6-3-4-7(5-8)9-6;7-3-5-1-2-6(4-8)9-5;2*6-4-5-2-1-3-7-5;;/h3-4,8H,2,5H2,1H3;1-3,8H,4H2;1-3,6H,4H2;1-4H;2*1H. The van der Waals surface area contributed by atoms with Gasteiger partial charge in [0.15, 0.2) is 24.1 Å². The van der Waals surface area contributed by atoms with Gasteiger partial charge in [-0.3, -0.25) is 9.59 Å². The van der Waals surface area contributed by atoms with E-state index in [0.29, 0.717) is 35.6 Å². The van der Waals surface area contributed by atoms with Gasteiger partial charge in [-0.25, -0.2) is 0 Å². The van der Waals surface area contributed by atoms with Crippen LogP contribution in [0.1, 0.15) is 53.9 Å². The third kappa shape index (κ3) is 10.4. The van der Waals surface area contributed by atoms with Crippen LogP contribution in [0.2, 0.25) is 0 Å². The molecule has 0 unspecified atom stereocenters. The van der Waals surface area contributed by atoms with Crippen LogP contribution in [0.25, 0.3) is 0 Å². The molecule has 4 aromatic rings. The Balaban J connectivity index is 0. The maximum Gasteiger partial charge on any atom is 0.185 e. The predicted octanol–water partition coefficient (Wildman–Crippen LogP) is 4.27. The molecule has 0 bridgehead atoms. The monoisotopic (exact) mass is 450 g/mol. The van der Waals surface area contributed by atoms with Crippen molar-refractivity contribution in [3.05, 3.63) is 95.6 Å². The molecule has 0 radical (unpaired) electrons. The highest BCUT2D eigenvalue weighted by Crippen LogP contribution is 2.07. The zero-order chi connectivity index (χ0) is 23.6. The van der Waals surface area contributed by atoms with E-state index in [1.165, 1.54) is 18.6 Å². The second-order valence-corrected chi connectivity index (χ2v) is 5.83. The number of carbonyl (C=O) groups excluding carboxylic acids is 2. The number of hydrogen-bond acceptors (Lipinski definition) is 9. The Bertz CT molecular complexity index is 956. The Morgan fingerprint density at radius 3 is 1.56 bits per heavy atom. The first kappa shape index (κ1) is 26.4. The van der Waals surface area contributed by atoms with Crippen LogP contribution < -0.4 is 0 Å². The highest BCUT2D eigenvalue weighted by molar-refractivity contribution is 5.70. The Morgan fingerprint density at radius 1 is 0.688 bits per heavy atom. The van der Waals surface area contributed by atoms with Gasteiger partial charge in [-0.05, 0) is 48.5 Å². The minimum Gasteiger partial charge on any atom is -0.467 e. The molecule has 0 aromatic carbocycles. The molecule has 9 heteroatoms. The zero-order valence-corrected chi connectivity index (χ0v) is 17.5. The molecule has 4 aromatic heterocycles. The molecular weight excluding hydrogens is 420 g/mol. The van der Waals surface area contributed by atoms with E-state index in [0.717, 1.165) is 12.2 Å². The molecule has 0 aliphatic heterocycles. The summed E-state index contributed by atoms with van der Waals surface area (Å²) in [5.74, 6) is 3.22. The lowest BCUT2D eigenvalue weighted by Crippen LogP contribution is -1.75. The van der Waals surface area contributed by atoms with Crippen LogP contribution in [0.4, 0.5) is 0 Å². The van der Waals surface area contributed by atoms with E-state index in [1.54, 1.807) is 36.4 Å². The molecule has 0 fully saturated rings. The topological polar surface area (TPSA) is 147 Å². The Morgan fingerprint density at radius 2 is 1.25 bits per heavy atom. The number of rotatable bonds is 6. The number of furan rings is 4. The molecule has 9 nitrogen and oxygen atoms in total. The van der Waals surface area contributed by atoms with Gasteiger partial charge in [-0.15, -0.1) is 0 Å². The number of carbonyl (C=O) groups is 2. The van der Waals surface area contributed by atoms with Crippen molar-refractivity contribution in [1.29, 1.82) is 0 Å². The molecule has 0 amide bonds. The average molecular weight is 450 g/mol. The Hall–Kier alpha value is -3.66. The molecule has 0 spiro atoms. The minimum absolute atomic E-state index is 0. The summed E-state index contributed by atoms with van der Waals surface area (Å²) < 4.78 is 19.2. The van der Waals surface area contributed by atoms with Crippen LogP contribution in [0, 0.1) is 0 Å². The molecule has 3 N–H and O–H groups in total. The fourth-order valence-corrected chi connectivity index (χ4v) is 2.00. The van der Waals surface area contributed by atoms with Gasteiger partial charge < -0.3 is 33.0 Å². The van der Waals surface area contributed by atoms with Crippen LogP contribution in [-0.4, -0.2) is 27.9 Å². The van der Waals surface area contributed by atoms with Crippen molar-refractivity contribution in [1.82, 2.24) is 0 Å². The highest BCUT2D eigenvalue weighted by Gasteiger charge is 1.97. The van der Waals surface area contributed by atoms with E-state index in [2.05, 4.69) is 4.42 Å². The summed E-state index contributed by atoms with van der Waals surface area (Å²) >= 11 is 0. The smallest absolute Gasteiger partial charge is 0.185 e. The van der Waals surface area contributed by atoms with Gasteiger partial charge in [0.25, 0.3) is 0 Å². The molecule has 4 heterocycles. The first-order valence-corrected chi connectivity index (χ1v) is 9.55. The summed E-state index contributed by atoms with van der Waals surface area (Å²) in [6.45, 7) is 1.85. The van der Waals surface area contributed by atoms with Gasteiger partial charge in [-0.2, -0.15) is 0 Å². The molecule has 4 rings (SSSR count). The summed E-state index contributed by atoms with van der Waals surface area (Å²) in [5, 5.41) is 25.3. The van der Waals surface area contributed by atoms with Gasteiger partial charge in [0, 0.05) is 9.27 Å². The van der Waals surface area contributed by atoms with E-state index >= 15 is 0 Å². The van der Waals surface area contributed by atoms with Crippen LogP contribution in [-0.2, 0) is 26.2 Å². The number of aliphatic hydroxyl groups excluding tert-OH is 3. The lowest BCUT2D eigenvalue weighted by molar-refractivity contribution is 0.109. The molecule has 0 saturated heterocycles. The number of hydrogen-bond donors (Lipinski definition) is 3. The van der Waals surface area contributed by atoms with Gasteiger partial charge >= 0.3 is 0 Å². The molecule has 176 valence electrons. The van der Waals surface area contributed by atoms with Crippen LogP contribution >= 0.6 is 0 Å². The van der Waals surface area contributed by atoms with E-state index in [-0.39, 0.29) is 28.4 Å². The molecule has 0 atom stereocenters. The summed E-state index contributed by atoms with van der Waals surface area (Å²) in [5.41, 5.74) is 0. The van der Waals surface area contributed by atoms with Gasteiger partial charge in [0.1, 0.15) is 42.9 Å². The number of aldehydes is 2. The molecular formula is C23H30O9. The summed E-state index contributed by atoms with van der Waals surface area (Å²) in [6.07, 6.45) is 5.15. The molecule has 0 saturated carbocycles. The number of aliphatic hydroxyl groups is 3. The molecule has 0 aliphatic rings. The van der Waals surface area contributed by atoms with Crippen molar-refractivity contribution in [3.63, 3.8) is 0 Å². The van der Waals surface area contributed by atoms with Crippen molar-refractivity contribution < 1.29 is 45.4 Å². The van der Waals surface area contributed by atoms with Crippen molar-refractivity contribution in [2.45, 2.75) is 33.2 Å². The highest BCUT2D eigenvalue weighted by atomic mass is 16.4. The van der Waals surface area contributed by atoms with Crippen molar-refractivity contribution >= 4 is 12.6 Å². The predicted molar refractivity (Wildman–Crippen MR) is 117 cm³/mol. The third-order valence-electron chi connectivity index (χ3n) is 3.57. The van der Waals surface area contributed by atoms with Gasteiger partial charge in [0.05, 0.1) is 12.5 Å². The van der Waals surface area contributed by atoms with E-state index in [9.17, 15) is 9.59 Å². The SMILES string of the molecule is CCc1ccc(CO)o1.O=Cc1ccc(CO)o1.O=Cc1ccco1.OCc1ccco1.[HH].[HH]. The Labute approximate surface area is 187 Å². The Kier molecular flexibility index (Phi) is 13.3. The van der Waals surface area contributed by atoms with E-state index < -0.39 is 0 Å². The maximum absolute atomic E-state index is 9.96. The van der Waals surface area contributed by atoms with E-state index in [4.69, 9.17) is 28.6 Å². The van der Waals surface area contributed by atoms with E-state index in [1.807, 2.05) is 13.0 Å². The zero-order valence-electron chi connectivity index (χ0n) is 17.5. The largest absolute Gasteiger partial charge is 0.467 e. The lowest BCUT2D eigenvalue weighted by Gasteiger charge is -1.86. The second-order valence-electron chi connectivity index (χ2n) is 5.83. The normalized spacial score (nSPS) is 9.38. The quantitative estimate of drug-likeness (QED) is 0.366.